The summed E-state index contributed by atoms with van der Waals surface area (Å²) in [5.41, 5.74) is 0. The van der Waals surface area contributed by atoms with E-state index in [1.54, 1.807) is 14.1 Å². The second kappa shape index (κ2) is 7.70. The Bertz CT molecular complexity index is 384. The third-order valence-corrected chi connectivity index (χ3v) is 5.70. The maximum absolute atomic E-state index is 11.7. The lowest BCUT2D eigenvalue weighted by molar-refractivity contribution is 0.0453. The standard InChI is InChI=1S/C13H29N3O3S/c1-12-10-15(7-8-16(12)11-13(2)17)6-5-9-20(18,19)14(3)4/h12-13,17H,5-11H2,1-4H3/t12-,13+/m0/s1. The van der Waals surface area contributed by atoms with Crippen LogP contribution in [0.1, 0.15) is 20.3 Å². The summed E-state index contributed by atoms with van der Waals surface area (Å²) in [6.45, 7) is 8.32. The summed E-state index contributed by atoms with van der Waals surface area (Å²) in [5.74, 6) is 0.211. The van der Waals surface area contributed by atoms with Crippen molar-refractivity contribution < 1.29 is 13.5 Å². The molecule has 1 saturated heterocycles. The van der Waals surface area contributed by atoms with Crippen LogP contribution in [-0.4, -0.2) is 92.3 Å². The molecule has 0 aromatic rings. The van der Waals surface area contributed by atoms with Crippen molar-refractivity contribution in [3.8, 4) is 0 Å². The van der Waals surface area contributed by atoms with E-state index >= 15 is 0 Å². The van der Waals surface area contributed by atoms with Gasteiger partial charge in [0.2, 0.25) is 10.0 Å². The van der Waals surface area contributed by atoms with Crippen LogP contribution in [0.2, 0.25) is 0 Å². The molecule has 1 aliphatic rings. The van der Waals surface area contributed by atoms with Gasteiger partial charge in [-0.25, -0.2) is 12.7 Å². The van der Waals surface area contributed by atoms with Crippen molar-refractivity contribution in [3.05, 3.63) is 0 Å². The number of rotatable bonds is 7. The molecule has 1 aliphatic heterocycles. The summed E-state index contributed by atoms with van der Waals surface area (Å²) in [7, 11) is 0.0752. The van der Waals surface area contributed by atoms with Gasteiger partial charge >= 0.3 is 0 Å². The second-order valence-corrected chi connectivity index (χ2v) is 8.25. The van der Waals surface area contributed by atoms with Crippen LogP contribution in [0.25, 0.3) is 0 Å². The van der Waals surface area contributed by atoms with Crippen LogP contribution < -0.4 is 0 Å². The maximum atomic E-state index is 11.7. The molecular formula is C13H29N3O3S. The highest BCUT2D eigenvalue weighted by Gasteiger charge is 2.24. The smallest absolute Gasteiger partial charge is 0.213 e. The fraction of sp³-hybridized carbons (Fsp3) is 1.00. The van der Waals surface area contributed by atoms with Crippen LogP contribution in [-0.2, 0) is 10.0 Å². The molecule has 0 radical (unpaired) electrons. The van der Waals surface area contributed by atoms with Crippen molar-refractivity contribution in [3.63, 3.8) is 0 Å². The number of aliphatic hydroxyl groups is 1. The first-order chi connectivity index (χ1) is 9.22. The van der Waals surface area contributed by atoms with Gasteiger partial charge in [0.1, 0.15) is 0 Å². The molecule has 6 nitrogen and oxygen atoms in total. The van der Waals surface area contributed by atoms with Gasteiger partial charge in [0.15, 0.2) is 0 Å². The van der Waals surface area contributed by atoms with E-state index in [1.165, 1.54) is 4.31 Å². The molecule has 120 valence electrons. The van der Waals surface area contributed by atoms with Crippen LogP contribution in [0.5, 0.6) is 0 Å². The number of hydrogen-bond donors (Lipinski definition) is 1. The van der Waals surface area contributed by atoms with Crippen LogP contribution in [0.4, 0.5) is 0 Å². The summed E-state index contributed by atoms with van der Waals surface area (Å²) < 4.78 is 24.7. The number of hydrogen-bond acceptors (Lipinski definition) is 5. The van der Waals surface area contributed by atoms with E-state index in [2.05, 4.69) is 16.7 Å². The van der Waals surface area contributed by atoms with E-state index < -0.39 is 10.0 Å². The average molecular weight is 307 g/mol. The van der Waals surface area contributed by atoms with Gasteiger partial charge in [-0.2, -0.15) is 0 Å². The van der Waals surface area contributed by atoms with E-state index in [1.807, 2.05) is 6.92 Å². The van der Waals surface area contributed by atoms with Gasteiger partial charge in [0.25, 0.3) is 0 Å². The first-order valence-electron chi connectivity index (χ1n) is 7.27. The van der Waals surface area contributed by atoms with Gasteiger partial charge in [-0.05, 0) is 26.8 Å². The van der Waals surface area contributed by atoms with Crippen LogP contribution in [0, 0.1) is 0 Å². The Morgan fingerprint density at radius 3 is 2.50 bits per heavy atom. The Morgan fingerprint density at radius 2 is 2.00 bits per heavy atom. The summed E-state index contributed by atoms with van der Waals surface area (Å²) in [6, 6.07) is 0.406. The van der Waals surface area contributed by atoms with Gasteiger partial charge in [-0.1, -0.05) is 0 Å². The van der Waals surface area contributed by atoms with Gasteiger partial charge in [-0.3, -0.25) is 4.90 Å². The highest BCUT2D eigenvalue weighted by atomic mass is 32.2. The Kier molecular flexibility index (Phi) is 6.87. The van der Waals surface area contributed by atoms with Crippen LogP contribution in [0.15, 0.2) is 0 Å². The van der Waals surface area contributed by atoms with E-state index in [4.69, 9.17) is 0 Å². The molecule has 0 amide bonds. The normalized spacial score (nSPS) is 24.2. The van der Waals surface area contributed by atoms with E-state index in [0.717, 1.165) is 26.2 Å². The van der Waals surface area contributed by atoms with E-state index in [0.29, 0.717) is 19.0 Å². The Balaban J connectivity index is 2.31. The molecule has 1 rings (SSSR count). The highest BCUT2D eigenvalue weighted by Crippen LogP contribution is 2.11. The average Bonchev–Trinajstić information content (AvgIpc) is 2.31. The van der Waals surface area contributed by atoms with E-state index in [9.17, 15) is 13.5 Å². The zero-order valence-electron chi connectivity index (χ0n) is 13.1. The molecule has 20 heavy (non-hydrogen) atoms. The molecule has 1 N–H and O–H groups in total. The zero-order valence-corrected chi connectivity index (χ0v) is 13.9. The SMILES string of the molecule is C[C@@H](O)CN1CCN(CCCS(=O)(=O)N(C)C)C[C@@H]1C. The van der Waals surface area contributed by atoms with Gasteiger partial charge in [-0.15, -0.1) is 0 Å². The fourth-order valence-electron chi connectivity index (χ4n) is 2.54. The van der Waals surface area contributed by atoms with Crippen molar-refractivity contribution in [2.75, 3.05) is 52.6 Å². The van der Waals surface area contributed by atoms with Crippen molar-refractivity contribution in [1.82, 2.24) is 14.1 Å². The Hall–Kier alpha value is -0.210. The van der Waals surface area contributed by atoms with Crippen molar-refractivity contribution in [2.24, 2.45) is 0 Å². The van der Waals surface area contributed by atoms with Gasteiger partial charge in [0.05, 0.1) is 11.9 Å². The predicted octanol–water partition coefficient (Wildman–Crippen LogP) is -0.345. The predicted molar refractivity (Wildman–Crippen MR) is 81.2 cm³/mol. The summed E-state index contributed by atoms with van der Waals surface area (Å²) >= 11 is 0. The van der Waals surface area contributed by atoms with Crippen molar-refractivity contribution >= 4 is 10.0 Å². The number of aliphatic hydroxyl groups excluding tert-OH is 1. The fourth-order valence-corrected chi connectivity index (χ4v) is 3.40. The number of sulfonamides is 1. The third kappa shape index (κ3) is 5.65. The molecule has 0 saturated carbocycles. The maximum Gasteiger partial charge on any atom is 0.213 e. The van der Waals surface area contributed by atoms with Crippen molar-refractivity contribution in [1.29, 1.82) is 0 Å². The van der Waals surface area contributed by atoms with E-state index in [-0.39, 0.29) is 11.9 Å². The topological polar surface area (TPSA) is 64.1 Å². The zero-order chi connectivity index (χ0) is 15.3. The Morgan fingerprint density at radius 1 is 1.35 bits per heavy atom. The van der Waals surface area contributed by atoms with Crippen molar-refractivity contribution in [2.45, 2.75) is 32.4 Å². The number of nitrogens with zero attached hydrogens (tertiary/aromatic N) is 3. The monoisotopic (exact) mass is 307 g/mol. The summed E-state index contributed by atoms with van der Waals surface area (Å²) in [6.07, 6.45) is 0.373. The minimum atomic E-state index is -3.08. The summed E-state index contributed by atoms with van der Waals surface area (Å²) in [5, 5.41) is 9.44. The molecule has 0 bridgehead atoms. The van der Waals surface area contributed by atoms with Crippen LogP contribution >= 0.6 is 0 Å². The molecule has 0 spiro atoms. The minimum absolute atomic E-state index is 0.211. The van der Waals surface area contributed by atoms with Gasteiger partial charge in [0, 0.05) is 46.3 Å². The molecule has 1 heterocycles. The lowest BCUT2D eigenvalue weighted by Gasteiger charge is -2.40. The molecule has 0 unspecified atom stereocenters. The molecule has 0 aromatic carbocycles. The quantitative estimate of drug-likeness (QED) is 0.697. The second-order valence-electron chi connectivity index (χ2n) is 5.95. The van der Waals surface area contributed by atoms with Crippen LogP contribution in [0.3, 0.4) is 0 Å². The third-order valence-electron chi connectivity index (χ3n) is 3.78. The summed E-state index contributed by atoms with van der Waals surface area (Å²) in [4.78, 5) is 4.60. The van der Waals surface area contributed by atoms with Gasteiger partial charge < -0.3 is 10.0 Å². The minimum Gasteiger partial charge on any atom is -0.392 e. The Labute approximate surface area is 123 Å². The molecule has 2 atom stereocenters. The molecule has 7 heteroatoms. The first-order valence-corrected chi connectivity index (χ1v) is 8.88. The number of piperazine rings is 1. The molecule has 0 aliphatic carbocycles. The lowest BCUT2D eigenvalue weighted by Crippen LogP contribution is -2.53. The first kappa shape index (κ1) is 17.8. The largest absolute Gasteiger partial charge is 0.392 e. The number of β-amino-alcohol motifs (C(OH)–C–C–N with tert-alkyl or cyclic N) is 1. The molecule has 0 aromatic heterocycles. The lowest BCUT2D eigenvalue weighted by atomic mass is 10.1. The highest BCUT2D eigenvalue weighted by molar-refractivity contribution is 7.89. The molecule has 1 fully saturated rings. The molecular weight excluding hydrogens is 278 g/mol.